The van der Waals surface area contributed by atoms with Crippen LogP contribution in [-0.4, -0.2) is 22.0 Å². The normalized spacial score (nSPS) is 11.5. The van der Waals surface area contributed by atoms with Crippen molar-refractivity contribution in [1.29, 1.82) is 0 Å². The third kappa shape index (κ3) is 3.76. The van der Waals surface area contributed by atoms with Crippen LogP contribution in [0.4, 0.5) is 5.82 Å². The van der Waals surface area contributed by atoms with Crippen molar-refractivity contribution in [3.8, 4) is 0 Å². The number of benzene rings is 1. The number of carbonyl (C=O) groups excluding carboxylic acids is 2. The van der Waals surface area contributed by atoms with Crippen LogP contribution in [0.2, 0.25) is 0 Å². The average molecular weight is 439 g/mol. The molecule has 2 amide bonds. The molecule has 0 fully saturated rings. The van der Waals surface area contributed by atoms with E-state index < -0.39 is 5.54 Å². The lowest BCUT2D eigenvalue weighted by molar-refractivity contribution is 0.0893. The highest BCUT2D eigenvalue weighted by Crippen LogP contribution is 2.32. The number of rotatable bonds is 7. The van der Waals surface area contributed by atoms with Crippen molar-refractivity contribution in [3.05, 3.63) is 69.2 Å². The predicted molar refractivity (Wildman–Crippen MR) is 122 cm³/mol. The van der Waals surface area contributed by atoms with Crippen molar-refractivity contribution >= 4 is 50.5 Å². The number of nitrogens with zero attached hydrogens (tertiary/aromatic N) is 1. The number of H-pyrrole nitrogens is 1. The molecule has 0 aliphatic carbocycles. The lowest BCUT2D eigenvalue weighted by Crippen LogP contribution is -2.44. The second-order valence-corrected chi connectivity index (χ2v) is 8.97. The summed E-state index contributed by atoms with van der Waals surface area (Å²) in [6.45, 7) is 4.16. The third-order valence-electron chi connectivity index (χ3n) is 5.34. The molecule has 0 atom stereocenters. The quantitative estimate of drug-likeness (QED) is 0.362. The molecule has 3 heterocycles. The van der Waals surface area contributed by atoms with E-state index in [4.69, 9.17) is 0 Å². The van der Waals surface area contributed by atoms with Gasteiger partial charge in [0.15, 0.2) is 5.82 Å². The van der Waals surface area contributed by atoms with Gasteiger partial charge in [0.25, 0.3) is 11.8 Å². The molecule has 154 valence electrons. The van der Waals surface area contributed by atoms with E-state index >= 15 is 0 Å². The zero-order valence-corrected chi connectivity index (χ0v) is 18.3. The average Bonchev–Trinajstić information content (AvgIpc) is 3.51. The Hall–Kier alpha value is -2.97. The number of anilines is 1. The number of hydrogen-bond donors (Lipinski definition) is 3. The first-order valence-electron chi connectivity index (χ1n) is 9.77. The molecule has 0 bridgehead atoms. The number of aromatic nitrogens is 2. The SMILES string of the molecule is CCC(CC)(NC(=O)c1cc2c(NC(=O)c3cccs3)n[nH]c2s1)c1ccccc1. The fraction of sp³-hybridized carbons (Fsp3) is 0.227. The molecule has 4 rings (SSSR count). The Morgan fingerprint density at radius 1 is 1.03 bits per heavy atom. The molecule has 0 aliphatic rings. The Morgan fingerprint density at radius 3 is 2.47 bits per heavy atom. The van der Waals surface area contributed by atoms with E-state index in [0.717, 1.165) is 28.6 Å². The van der Waals surface area contributed by atoms with Gasteiger partial charge in [-0.3, -0.25) is 14.7 Å². The molecule has 4 aromatic rings. The van der Waals surface area contributed by atoms with Gasteiger partial charge in [-0.05, 0) is 35.9 Å². The van der Waals surface area contributed by atoms with Crippen molar-refractivity contribution in [2.24, 2.45) is 0 Å². The Kier molecular flexibility index (Phi) is 5.69. The number of carbonyl (C=O) groups is 2. The fourth-order valence-electron chi connectivity index (χ4n) is 3.54. The van der Waals surface area contributed by atoms with Gasteiger partial charge >= 0.3 is 0 Å². The molecule has 0 unspecified atom stereocenters. The number of nitrogens with one attached hydrogen (secondary N) is 3. The van der Waals surface area contributed by atoms with E-state index in [-0.39, 0.29) is 11.8 Å². The molecule has 3 aromatic heterocycles. The maximum absolute atomic E-state index is 13.1. The summed E-state index contributed by atoms with van der Waals surface area (Å²) in [5, 5.41) is 15.7. The number of aromatic amines is 1. The second-order valence-electron chi connectivity index (χ2n) is 6.97. The van der Waals surface area contributed by atoms with E-state index in [1.54, 1.807) is 12.1 Å². The van der Waals surface area contributed by atoms with Crippen molar-refractivity contribution in [3.63, 3.8) is 0 Å². The van der Waals surface area contributed by atoms with E-state index in [9.17, 15) is 9.59 Å². The molecule has 0 spiro atoms. The molecule has 30 heavy (non-hydrogen) atoms. The van der Waals surface area contributed by atoms with Crippen molar-refractivity contribution in [1.82, 2.24) is 15.5 Å². The maximum atomic E-state index is 13.1. The van der Waals surface area contributed by atoms with Gasteiger partial charge in [-0.15, -0.1) is 22.7 Å². The largest absolute Gasteiger partial charge is 0.342 e. The van der Waals surface area contributed by atoms with Crippen LogP contribution in [0.1, 0.15) is 51.6 Å². The lowest BCUT2D eigenvalue weighted by Gasteiger charge is -2.33. The van der Waals surface area contributed by atoms with Gasteiger partial charge in [-0.2, -0.15) is 5.10 Å². The first-order valence-corrected chi connectivity index (χ1v) is 11.5. The van der Waals surface area contributed by atoms with Gasteiger partial charge in [-0.25, -0.2) is 0 Å². The summed E-state index contributed by atoms with van der Waals surface area (Å²) in [5.74, 6) is 0.0855. The molecule has 0 saturated heterocycles. The summed E-state index contributed by atoms with van der Waals surface area (Å²) < 4.78 is 0. The fourth-order valence-corrected chi connectivity index (χ4v) is 5.06. The summed E-state index contributed by atoms with van der Waals surface area (Å²) >= 11 is 2.69. The van der Waals surface area contributed by atoms with Crippen molar-refractivity contribution in [2.45, 2.75) is 32.2 Å². The van der Waals surface area contributed by atoms with Crippen LogP contribution in [0.25, 0.3) is 10.2 Å². The summed E-state index contributed by atoms with van der Waals surface area (Å²) in [6.07, 6.45) is 1.57. The molecular formula is C22H22N4O2S2. The van der Waals surface area contributed by atoms with E-state index in [0.29, 0.717) is 15.6 Å². The zero-order valence-electron chi connectivity index (χ0n) is 16.7. The topological polar surface area (TPSA) is 86.9 Å². The number of hydrogen-bond acceptors (Lipinski definition) is 5. The molecule has 3 N–H and O–H groups in total. The van der Waals surface area contributed by atoms with Crippen LogP contribution in [-0.2, 0) is 5.54 Å². The van der Waals surface area contributed by atoms with E-state index in [1.807, 2.05) is 41.8 Å². The maximum Gasteiger partial charge on any atom is 0.266 e. The smallest absolute Gasteiger partial charge is 0.266 e. The van der Waals surface area contributed by atoms with Crippen LogP contribution in [0.3, 0.4) is 0 Å². The summed E-state index contributed by atoms with van der Waals surface area (Å²) in [4.78, 5) is 27.4. The standard InChI is InChI=1S/C22H22N4O2S2/c1-3-22(4-2,14-9-6-5-7-10-14)24-20(28)17-13-15-18(25-26-21(15)30-17)23-19(27)16-11-8-12-29-16/h5-13H,3-4H2,1-2H3,(H,24,28)(H2,23,25,26,27). The monoisotopic (exact) mass is 438 g/mol. The minimum Gasteiger partial charge on any atom is -0.342 e. The highest BCUT2D eigenvalue weighted by molar-refractivity contribution is 7.20. The van der Waals surface area contributed by atoms with Gasteiger partial charge < -0.3 is 10.6 Å². The molecule has 0 saturated carbocycles. The minimum absolute atomic E-state index is 0.132. The molecule has 0 radical (unpaired) electrons. The molecule has 8 heteroatoms. The Labute approximate surface area is 182 Å². The molecule has 1 aromatic carbocycles. The Bertz CT molecular complexity index is 1160. The second kappa shape index (κ2) is 8.41. The summed E-state index contributed by atoms with van der Waals surface area (Å²) in [7, 11) is 0. The Balaban J connectivity index is 1.58. The third-order valence-corrected chi connectivity index (χ3v) is 7.25. The van der Waals surface area contributed by atoms with Crippen LogP contribution in [0.15, 0.2) is 53.9 Å². The summed E-state index contributed by atoms with van der Waals surface area (Å²) in [6, 6.07) is 15.4. The number of fused-ring (bicyclic) bond motifs is 1. The van der Waals surface area contributed by atoms with Gasteiger partial charge in [0.05, 0.1) is 20.7 Å². The van der Waals surface area contributed by atoms with E-state index in [1.165, 1.54) is 22.7 Å². The summed E-state index contributed by atoms with van der Waals surface area (Å²) in [5.41, 5.74) is 0.667. The Morgan fingerprint density at radius 2 is 1.80 bits per heavy atom. The van der Waals surface area contributed by atoms with Crippen molar-refractivity contribution in [2.75, 3.05) is 5.32 Å². The number of thiophene rings is 2. The van der Waals surface area contributed by atoms with Crippen LogP contribution >= 0.6 is 22.7 Å². The first-order chi connectivity index (χ1) is 14.6. The predicted octanol–water partition coefficient (Wildman–Crippen LogP) is 5.38. The van der Waals surface area contributed by atoms with Crippen LogP contribution < -0.4 is 10.6 Å². The van der Waals surface area contributed by atoms with Crippen molar-refractivity contribution < 1.29 is 9.59 Å². The highest BCUT2D eigenvalue weighted by atomic mass is 32.1. The molecule has 6 nitrogen and oxygen atoms in total. The van der Waals surface area contributed by atoms with Gasteiger partial charge in [0.1, 0.15) is 4.83 Å². The van der Waals surface area contributed by atoms with Gasteiger partial charge in [-0.1, -0.05) is 50.2 Å². The van der Waals surface area contributed by atoms with E-state index in [2.05, 4.69) is 34.7 Å². The van der Waals surface area contributed by atoms with Crippen LogP contribution in [0, 0.1) is 0 Å². The lowest BCUT2D eigenvalue weighted by atomic mass is 9.84. The van der Waals surface area contributed by atoms with Crippen LogP contribution in [0.5, 0.6) is 0 Å². The molecular weight excluding hydrogens is 416 g/mol. The highest BCUT2D eigenvalue weighted by Gasteiger charge is 2.31. The van der Waals surface area contributed by atoms with Gasteiger partial charge in [0, 0.05) is 0 Å². The molecule has 0 aliphatic heterocycles. The number of amides is 2. The minimum atomic E-state index is -0.426. The first kappa shape index (κ1) is 20.3. The zero-order chi connectivity index (χ0) is 21.1. The van der Waals surface area contributed by atoms with Gasteiger partial charge in [0.2, 0.25) is 0 Å².